The van der Waals surface area contributed by atoms with Gasteiger partial charge in [-0.25, -0.2) is 4.39 Å². The van der Waals surface area contributed by atoms with Crippen molar-refractivity contribution in [1.29, 1.82) is 0 Å². The second kappa shape index (κ2) is 6.01. The molecule has 0 saturated heterocycles. The summed E-state index contributed by atoms with van der Waals surface area (Å²) >= 11 is 5.53. The number of carbonyl (C=O) groups is 1. The predicted octanol–water partition coefficient (Wildman–Crippen LogP) is 3.73. The lowest BCUT2D eigenvalue weighted by Crippen LogP contribution is -2.14. The molecular weight excluding hydrogens is 243 g/mol. The molecule has 4 heteroatoms. The zero-order chi connectivity index (χ0) is 13.0. The van der Waals surface area contributed by atoms with Gasteiger partial charge in [-0.1, -0.05) is 19.9 Å². The average Bonchev–Trinajstić information content (AvgIpc) is 2.21. The van der Waals surface area contributed by atoms with Crippen molar-refractivity contribution in [2.75, 3.05) is 6.61 Å². The van der Waals surface area contributed by atoms with Crippen LogP contribution in [0.1, 0.15) is 32.3 Å². The van der Waals surface area contributed by atoms with Crippen molar-refractivity contribution < 1.29 is 13.9 Å². The monoisotopic (exact) mass is 258 g/mol. The van der Waals surface area contributed by atoms with Gasteiger partial charge in [0.1, 0.15) is 0 Å². The SMILES string of the molecule is CCOc1ccc(C(C(=O)Cl)C(C)C)cc1F. The van der Waals surface area contributed by atoms with Crippen molar-refractivity contribution in [3.05, 3.63) is 29.6 Å². The fraction of sp³-hybridized carbons (Fsp3) is 0.462. The van der Waals surface area contributed by atoms with Gasteiger partial charge in [-0.2, -0.15) is 0 Å². The molecule has 1 aromatic rings. The Balaban J connectivity index is 3.06. The fourth-order valence-electron chi connectivity index (χ4n) is 1.76. The number of ether oxygens (including phenoxy) is 1. The second-order valence-electron chi connectivity index (χ2n) is 4.15. The Morgan fingerprint density at radius 3 is 2.53 bits per heavy atom. The van der Waals surface area contributed by atoms with Gasteiger partial charge >= 0.3 is 0 Å². The smallest absolute Gasteiger partial charge is 0.229 e. The third kappa shape index (κ3) is 3.43. The summed E-state index contributed by atoms with van der Waals surface area (Å²) in [5.74, 6) is -0.729. The highest BCUT2D eigenvalue weighted by Crippen LogP contribution is 2.30. The first kappa shape index (κ1) is 14.0. The van der Waals surface area contributed by atoms with Crippen LogP contribution in [0.5, 0.6) is 5.75 Å². The van der Waals surface area contributed by atoms with E-state index in [1.807, 2.05) is 13.8 Å². The number of rotatable bonds is 5. The van der Waals surface area contributed by atoms with Gasteiger partial charge in [0.25, 0.3) is 0 Å². The normalized spacial score (nSPS) is 12.6. The molecular formula is C13H16ClFO2. The van der Waals surface area contributed by atoms with Crippen LogP contribution in [0.4, 0.5) is 4.39 Å². The molecule has 1 aromatic carbocycles. The number of halogens is 2. The molecule has 2 nitrogen and oxygen atoms in total. The molecule has 1 unspecified atom stereocenters. The molecule has 0 saturated carbocycles. The second-order valence-corrected chi connectivity index (χ2v) is 4.52. The molecule has 17 heavy (non-hydrogen) atoms. The Labute approximate surface area is 106 Å². The molecule has 0 aromatic heterocycles. The van der Waals surface area contributed by atoms with Crippen LogP contribution in [-0.4, -0.2) is 11.8 Å². The molecule has 0 fully saturated rings. The van der Waals surface area contributed by atoms with Gasteiger partial charge in [0.15, 0.2) is 11.6 Å². The van der Waals surface area contributed by atoms with E-state index in [4.69, 9.17) is 16.3 Å². The maximum Gasteiger partial charge on any atom is 0.229 e. The molecule has 0 N–H and O–H groups in total. The van der Waals surface area contributed by atoms with Crippen LogP contribution < -0.4 is 4.74 Å². The summed E-state index contributed by atoms with van der Waals surface area (Å²) in [6.07, 6.45) is 0. The molecule has 94 valence electrons. The third-order valence-electron chi connectivity index (χ3n) is 2.53. The average molecular weight is 259 g/mol. The Hall–Kier alpha value is -1.09. The minimum absolute atomic E-state index is 0.0253. The number of hydrogen-bond donors (Lipinski definition) is 0. The van der Waals surface area contributed by atoms with Crippen molar-refractivity contribution in [2.45, 2.75) is 26.7 Å². The third-order valence-corrected chi connectivity index (χ3v) is 2.76. The first-order chi connectivity index (χ1) is 7.97. The molecule has 1 atom stereocenters. The lowest BCUT2D eigenvalue weighted by atomic mass is 9.89. The zero-order valence-electron chi connectivity index (χ0n) is 10.2. The molecule has 0 heterocycles. The first-order valence-corrected chi connectivity index (χ1v) is 5.96. The van der Waals surface area contributed by atoms with E-state index in [2.05, 4.69) is 0 Å². The van der Waals surface area contributed by atoms with E-state index in [9.17, 15) is 9.18 Å². The maximum absolute atomic E-state index is 13.6. The van der Waals surface area contributed by atoms with Gasteiger partial charge in [0.05, 0.1) is 12.5 Å². The summed E-state index contributed by atoms with van der Waals surface area (Å²) in [6, 6.07) is 4.53. The van der Waals surface area contributed by atoms with E-state index in [0.29, 0.717) is 12.2 Å². The standard InChI is InChI=1S/C13H16ClFO2/c1-4-17-11-6-5-9(7-10(11)15)12(8(2)3)13(14)16/h5-8,12H,4H2,1-3H3. The Morgan fingerprint density at radius 2 is 2.12 bits per heavy atom. The Bertz CT molecular complexity index is 404. The van der Waals surface area contributed by atoms with Gasteiger partial charge in [-0.05, 0) is 42.1 Å². The highest BCUT2D eigenvalue weighted by Gasteiger charge is 2.23. The maximum atomic E-state index is 13.6. The topological polar surface area (TPSA) is 26.3 Å². The van der Waals surface area contributed by atoms with E-state index in [0.717, 1.165) is 0 Å². The van der Waals surface area contributed by atoms with Crippen LogP contribution in [-0.2, 0) is 4.79 Å². The molecule has 0 aliphatic rings. The van der Waals surface area contributed by atoms with Gasteiger partial charge in [0, 0.05) is 0 Å². The summed E-state index contributed by atoms with van der Waals surface area (Å²) < 4.78 is 18.7. The summed E-state index contributed by atoms with van der Waals surface area (Å²) in [4.78, 5) is 11.3. The molecule has 0 spiro atoms. The lowest BCUT2D eigenvalue weighted by Gasteiger charge is -2.17. The highest BCUT2D eigenvalue weighted by molar-refractivity contribution is 6.64. The summed E-state index contributed by atoms with van der Waals surface area (Å²) in [5.41, 5.74) is 0.584. The van der Waals surface area contributed by atoms with Crippen LogP contribution in [0.2, 0.25) is 0 Å². The molecule has 0 amide bonds. The van der Waals surface area contributed by atoms with Gasteiger partial charge < -0.3 is 4.74 Å². The van der Waals surface area contributed by atoms with E-state index in [1.54, 1.807) is 13.0 Å². The van der Waals surface area contributed by atoms with Crippen molar-refractivity contribution in [3.8, 4) is 5.75 Å². The van der Waals surface area contributed by atoms with Crippen molar-refractivity contribution >= 4 is 16.8 Å². The zero-order valence-corrected chi connectivity index (χ0v) is 10.9. The minimum Gasteiger partial charge on any atom is -0.491 e. The van der Waals surface area contributed by atoms with Gasteiger partial charge in [-0.15, -0.1) is 0 Å². The van der Waals surface area contributed by atoms with E-state index >= 15 is 0 Å². The number of hydrogen-bond acceptors (Lipinski definition) is 2. The van der Waals surface area contributed by atoms with Gasteiger partial charge in [0.2, 0.25) is 5.24 Å². The lowest BCUT2D eigenvalue weighted by molar-refractivity contribution is -0.113. The molecule has 0 aliphatic carbocycles. The molecule has 0 bridgehead atoms. The summed E-state index contributed by atoms with van der Waals surface area (Å²) in [6.45, 7) is 5.93. The number of benzene rings is 1. The van der Waals surface area contributed by atoms with Crippen LogP contribution in [0, 0.1) is 11.7 Å². The van der Waals surface area contributed by atoms with Crippen LogP contribution in [0.25, 0.3) is 0 Å². The van der Waals surface area contributed by atoms with E-state index in [1.165, 1.54) is 12.1 Å². The van der Waals surface area contributed by atoms with E-state index in [-0.39, 0.29) is 11.7 Å². The summed E-state index contributed by atoms with van der Waals surface area (Å²) in [7, 11) is 0. The quantitative estimate of drug-likeness (QED) is 0.753. The first-order valence-electron chi connectivity index (χ1n) is 5.59. The highest BCUT2D eigenvalue weighted by atomic mass is 35.5. The molecule has 1 rings (SSSR count). The number of carbonyl (C=O) groups excluding carboxylic acids is 1. The van der Waals surface area contributed by atoms with Crippen LogP contribution in [0.3, 0.4) is 0 Å². The van der Waals surface area contributed by atoms with Crippen LogP contribution in [0.15, 0.2) is 18.2 Å². The largest absolute Gasteiger partial charge is 0.491 e. The predicted molar refractivity (Wildman–Crippen MR) is 66.0 cm³/mol. The Kier molecular flexibility index (Phi) is 4.94. The minimum atomic E-state index is -0.484. The van der Waals surface area contributed by atoms with Crippen molar-refractivity contribution in [1.82, 2.24) is 0 Å². The van der Waals surface area contributed by atoms with E-state index < -0.39 is 17.0 Å². The van der Waals surface area contributed by atoms with Crippen molar-refractivity contribution in [2.24, 2.45) is 5.92 Å². The molecule has 0 radical (unpaired) electrons. The fourth-order valence-corrected chi connectivity index (χ4v) is 2.14. The Morgan fingerprint density at radius 1 is 1.47 bits per heavy atom. The molecule has 0 aliphatic heterocycles. The van der Waals surface area contributed by atoms with Crippen molar-refractivity contribution in [3.63, 3.8) is 0 Å². The summed E-state index contributed by atoms with van der Waals surface area (Å²) in [5, 5.41) is -0.469. The van der Waals surface area contributed by atoms with Crippen LogP contribution >= 0.6 is 11.6 Å². The van der Waals surface area contributed by atoms with Gasteiger partial charge in [-0.3, -0.25) is 4.79 Å².